The molecule has 0 atom stereocenters. The van der Waals surface area contributed by atoms with Gasteiger partial charge in [-0.15, -0.1) is 5.10 Å². The number of aryl methyl sites for hydroxylation is 1. The number of hydrogen-bond acceptors (Lipinski definition) is 7. The molecule has 162 valence electrons. The van der Waals surface area contributed by atoms with Crippen molar-refractivity contribution in [2.75, 3.05) is 13.1 Å². The van der Waals surface area contributed by atoms with E-state index in [1.165, 1.54) is 11.8 Å². The van der Waals surface area contributed by atoms with Crippen molar-refractivity contribution < 1.29 is 8.42 Å². The first-order valence-electron chi connectivity index (χ1n) is 10.4. The number of imidazole rings is 1. The number of nitrogens with zero attached hydrogens (tertiary/aromatic N) is 7. The highest BCUT2D eigenvalue weighted by Crippen LogP contribution is 2.27. The third-order valence-corrected chi connectivity index (χ3v) is 8.22. The molecule has 0 spiro atoms. The van der Waals surface area contributed by atoms with Gasteiger partial charge in [0.15, 0.2) is 0 Å². The van der Waals surface area contributed by atoms with Crippen LogP contribution in [0, 0.1) is 0 Å². The van der Waals surface area contributed by atoms with E-state index in [-0.39, 0.29) is 0 Å². The molecule has 1 aliphatic rings. The molecule has 0 radical (unpaired) electrons. The van der Waals surface area contributed by atoms with Crippen molar-refractivity contribution in [1.29, 1.82) is 0 Å². The zero-order valence-electron chi connectivity index (χ0n) is 17.2. The number of rotatable bonds is 6. The highest BCUT2D eigenvalue weighted by Gasteiger charge is 2.26. The molecule has 11 heteroatoms. The average Bonchev–Trinajstić information content (AvgIpc) is 3.38. The Bertz CT molecular complexity index is 1310. The minimum absolute atomic E-state index is 0.315. The van der Waals surface area contributed by atoms with Gasteiger partial charge in [-0.3, -0.25) is 0 Å². The molecule has 1 fully saturated rings. The number of piperidine rings is 1. The zero-order chi connectivity index (χ0) is 21.4. The van der Waals surface area contributed by atoms with Gasteiger partial charge in [0, 0.05) is 32.0 Å². The Morgan fingerprint density at radius 3 is 2.74 bits per heavy atom. The molecule has 1 saturated heterocycles. The smallest absolute Gasteiger partial charge is 0.253 e. The van der Waals surface area contributed by atoms with Crippen molar-refractivity contribution in [3.63, 3.8) is 0 Å². The van der Waals surface area contributed by atoms with E-state index in [1.807, 2.05) is 18.3 Å². The molecule has 0 aliphatic carbocycles. The molecule has 1 aliphatic heterocycles. The molecule has 0 amide bonds. The van der Waals surface area contributed by atoms with Gasteiger partial charge in [-0.25, -0.2) is 22.9 Å². The van der Waals surface area contributed by atoms with Crippen LogP contribution < -0.4 is 0 Å². The SMILES string of the molecule is CCn1c(CSc2nc3ncccn3n2)nc2cc(S(=O)(=O)N3CCCCC3)ccc21. The van der Waals surface area contributed by atoms with Crippen molar-refractivity contribution in [3.8, 4) is 0 Å². The lowest BCUT2D eigenvalue weighted by atomic mass is 10.2. The van der Waals surface area contributed by atoms with Crippen molar-refractivity contribution in [1.82, 2.24) is 33.4 Å². The van der Waals surface area contributed by atoms with Crippen LogP contribution in [0.5, 0.6) is 0 Å². The molecule has 9 nitrogen and oxygen atoms in total. The number of thioether (sulfide) groups is 1. The molecule has 0 N–H and O–H groups in total. The van der Waals surface area contributed by atoms with Crippen LogP contribution in [0.1, 0.15) is 32.0 Å². The first-order valence-corrected chi connectivity index (χ1v) is 12.8. The Labute approximate surface area is 184 Å². The van der Waals surface area contributed by atoms with E-state index in [0.29, 0.717) is 40.2 Å². The molecule has 4 aromatic rings. The van der Waals surface area contributed by atoms with E-state index in [0.717, 1.165) is 37.1 Å². The third kappa shape index (κ3) is 3.81. The number of sulfonamides is 1. The first kappa shape index (κ1) is 20.4. The third-order valence-electron chi connectivity index (χ3n) is 5.50. The van der Waals surface area contributed by atoms with Crippen LogP contribution in [0.3, 0.4) is 0 Å². The Balaban J connectivity index is 1.43. The van der Waals surface area contributed by atoms with Crippen LogP contribution in [-0.2, 0) is 22.3 Å². The minimum Gasteiger partial charge on any atom is -0.328 e. The summed E-state index contributed by atoms with van der Waals surface area (Å²) in [5, 5.41) is 5.05. The van der Waals surface area contributed by atoms with Gasteiger partial charge in [-0.1, -0.05) is 18.2 Å². The van der Waals surface area contributed by atoms with Crippen LogP contribution in [0.2, 0.25) is 0 Å². The second-order valence-electron chi connectivity index (χ2n) is 7.43. The predicted molar refractivity (Wildman–Crippen MR) is 118 cm³/mol. The summed E-state index contributed by atoms with van der Waals surface area (Å²) >= 11 is 1.48. The second kappa shape index (κ2) is 8.21. The van der Waals surface area contributed by atoms with Crippen molar-refractivity contribution in [2.24, 2.45) is 0 Å². The Hall–Kier alpha value is -2.50. The van der Waals surface area contributed by atoms with Crippen LogP contribution in [0.4, 0.5) is 0 Å². The van der Waals surface area contributed by atoms with Crippen molar-refractivity contribution in [2.45, 2.75) is 48.5 Å². The topological polar surface area (TPSA) is 98.3 Å². The molecule has 1 aromatic carbocycles. The quantitative estimate of drug-likeness (QED) is 0.411. The zero-order valence-corrected chi connectivity index (χ0v) is 18.8. The van der Waals surface area contributed by atoms with Crippen LogP contribution in [0.25, 0.3) is 16.8 Å². The maximum atomic E-state index is 13.1. The summed E-state index contributed by atoms with van der Waals surface area (Å²) in [6.07, 6.45) is 6.42. The van der Waals surface area contributed by atoms with E-state index in [4.69, 9.17) is 4.98 Å². The lowest BCUT2D eigenvalue weighted by molar-refractivity contribution is 0.346. The Morgan fingerprint density at radius 1 is 1.13 bits per heavy atom. The lowest BCUT2D eigenvalue weighted by Crippen LogP contribution is -2.35. The van der Waals surface area contributed by atoms with Crippen molar-refractivity contribution in [3.05, 3.63) is 42.5 Å². The Morgan fingerprint density at radius 2 is 1.97 bits per heavy atom. The standard InChI is InChI=1S/C20H23N7O2S2/c1-2-26-17-8-7-15(31(28,29)25-10-4-3-5-11-25)13-16(17)22-18(26)14-30-20-23-19-21-9-6-12-27(19)24-20/h6-9,12-13H,2-5,10-11,14H2,1H3. The number of hydrogen-bond donors (Lipinski definition) is 0. The molecule has 0 unspecified atom stereocenters. The van der Waals surface area contributed by atoms with E-state index in [1.54, 1.807) is 27.2 Å². The fourth-order valence-electron chi connectivity index (χ4n) is 3.94. The lowest BCUT2D eigenvalue weighted by Gasteiger charge is -2.25. The summed E-state index contributed by atoms with van der Waals surface area (Å²) in [6.45, 7) is 3.98. The molecule has 3 aromatic heterocycles. The molecule has 0 saturated carbocycles. The normalized spacial score (nSPS) is 15.8. The summed E-state index contributed by atoms with van der Waals surface area (Å²) in [5.74, 6) is 2.00. The summed E-state index contributed by atoms with van der Waals surface area (Å²) in [6, 6.07) is 7.07. The summed E-state index contributed by atoms with van der Waals surface area (Å²) in [5.41, 5.74) is 1.63. The highest BCUT2D eigenvalue weighted by atomic mass is 32.2. The van der Waals surface area contributed by atoms with Gasteiger partial charge in [0.05, 0.1) is 21.7 Å². The first-order chi connectivity index (χ1) is 15.1. The number of benzene rings is 1. The fourth-order valence-corrected chi connectivity index (χ4v) is 6.25. The van der Waals surface area contributed by atoms with Crippen molar-refractivity contribution >= 4 is 38.6 Å². The molecule has 4 heterocycles. The monoisotopic (exact) mass is 457 g/mol. The van der Waals surface area contributed by atoms with Gasteiger partial charge >= 0.3 is 0 Å². The van der Waals surface area contributed by atoms with Gasteiger partial charge < -0.3 is 4.57 Å². The molecule has 31 heavy (non-hydrogen) atoms. The highest BCUT2D eigenvalue weighted by molar-refractivity contribution is 7.98. The van der Waals surface area contributed by atoms with Gasteiger partial charge in [0.2, 0.25) is 15.2 Å². The number of aromatic nitrogens is 6. The maximum Gasteiger partial charge on any atom is 0.253 e. The minimum atomic E-state index is -3.48. The largest absolute Gasteiger partial charge is 0.328 e. The summed E-state index contributed by atoms with van der Waals surface area (Å²) < 4.78 is 31.4. The van der Waals surface area contributed by atoms with Crippen LogP contribution >= 0.6 is 11.8 Å². The van der Waals surface area contributed by atoms with Gasteiger partial charge in [-0.05, 0) is 44.0 Å². The van der Waals surface area contributed by atoms with Gasteiger partial charge in [-0.2, -0.15) is 9.29 Å². The molecule has 5 rings (SSSR count). The van der Waals surface area contributed by atoms with E-state index in [2.05, 4.69) is 26.6 Å². The van der Waals surface area contributed by atoms with E-state index < -0.39 is 10.0 Å². The number of fused-ring (bicyclic) bond motifs is 2. The van der Waals surface area contributed by atoms with Crippen LogP contribution in [-0.4, -0.2) is 54.9 Å². The fraction of sp³-hybridized carbons (Fsp3) is 0.400. The predicted octanol–water partition coefficient (Wildman–Crippen LogP) is 2.96. The maximum absolute atomic E-state index is 13.1. The Kier molecular flexibility index (Phi) is 5.40. The van der Waals surface area contributed by atoms with Gasteiger partial charge in [0.25, 0.3) is 5.78 Å². The molecule has 0 bridgehead atoms. The average molecular weight is 458 g/mol. The van der Waals surface area contributed by atoms with Gasteiger partial charge in [0.1, 0.15) is 5.82 Å². The summed E-state index contributed by atoms with van der Waals surface area (Å²) in [7, 11) is -3.48. The molecular weight excluding hydrogens is 434 g/mol. The van der Waals surface area contributed by atoms with Crippen LogP contribution in [0.15, 0.2) is 46.7 Å². The second-order valence-corrected chi connectivity index (χ2v) is 10.3. The molecular formula is C20H23N7O2S2. The summed E-state index contributed by atoms with van der Waals surface area (Å²) in [4.78, 5) is 13.7. The van der Waals surface area contributed by atoms with E-state index in [9.17, 15) is 8.42 Å². The van der Waals surface area contributed by atoms with E-state index >= 15 is 0 Å².